The Morgan fingerprint density at radius 1 is 1.10 bits per heavy atom. The van der Waals surface area contributed by atoms with E-state index < -0.39 is 0 Å². The van der Waals surface area contributed by atoms with E-state index in [1.807, 2.05) is 25.1 Å². The smallest absolute Gasteiger partial charge is 0.198 e. The van der Waals surface area contributed by atoms with Crippen LogP contribution in [0.25, 0.3) is 10.9 Å². The molecule has 0 saturated carbocycles. The van der Waals surface area contributed by atoms with Gasteiger partial charge in [-0.3, -0.25) is 4.99 Å². The van der Waals surface area contributed by atoms with Crippen molar-refractivity contribution in [2.24, 2.45) is 4.99 Å². The molecule has 0 unspecified atom stereocenters. The van der Waals surface area contributed by atoms with Gasteiger partial charge in [0.2, 0.25) is 0 Å². The largest absolute Gasteiger partial charge is 0.508 e. The van der Waals surface area contributed by atoms with Crippen molar-refractivity contribution in [3.63, 3.8) is 0 Å². The van der Waals surface area contributed by atoms with Crippen LogP contribution in [-0.2, 0) is 0 Å². The third kappa shape index (κ3) is 2.12. The van der Waals surface area contributed by atoms with E-state index in [-0.39, 0.29) is 11.6 Å². The fourth-order valence-corrected chi connectivity index (χ4v) is 2.28. The van der Waals surface area contributed by atoms with Crippen LogP contribution < -0.4 is 0 Å². The highest BCUT2D eigenvalue weighted by molar-refractivity contribution is 6.04. The maximum atomic E-state index is 10.00. The van der Waals surface area contributed by atoms with Crippen LogP contribution in [0.2, 0.25) is 0 Å². The number of aromatic hydroxyl groups is 2. The van der Waals surface area contributed by atoms with Crippen molar-refractivity contribution in [3.05, 3.63) is 53.6 Å². The van der Waals surface area contributed by atoms with Gasteiger partial charge >= 0.3 is 0 Å². The summed E-state index contributed by atoms with van der Waals surface area (Å²) in [5, 5.41) is 20.4. The quantitative estimate of drug-likeness (QED) is 0.620. The van der Waals surface area contributed by atoms with E-state index in [9.17, 15) is 10.2 Å². The summed E-state index contributed by atoms with van der Waals surface area (Å²) in [6.45, 7) is 1.99. The summed E-state index contributed by atoms with van der Waals surface area (Å²) in [5.41, 5.74) is 3.23. The van der Waals surface area contributed by atoms with Gasteiger partial charge in [0.05, 0.1) is 11.3 Å². The van der Waals surface area contributed by atoms with Crippen LogP contribution in [0.3, 0.4) is 0 Å². The molecular formula is C16H14N2O2. The van der Waals surface area contributed by atoms with Crippen LogP contribution >= 0.6 is 0 Å². The Hall–Kier alpha value is -2.75. The van der Waals surface area contributed by atoms with Crippen LogP contribution in [-0.4, -0.2) is 21.4 Å². The SMILES string of the molecule is Cc1cccc2[nH]c(O)c(C=Nc3cccc(O)c3)c12. The molecule has 0 saturated heterocycles. The molecule has 0 amide bonds. The molecule has 4 heteroatoms. The zero-order chi connectivity index (χ0) is 14.1. The van der Waals surface area contributed by atoms with Crippen molar-refractivity contribution in [3.8, 4) is 11.6 Å². The van der Waals surface area contributed by atoms with Crippen LogP contribution in [0.4, 0.5) is 5.69 Å². The molecule has 0 aliphatic rings. The van der Waals surface area contributed by atoms with Crippen molar-refractivity contribution >= 4 is 22.8 Å². The lowest BCUT2D eigenvalue weighted by Crippen LogP contribution is -1.82. The molecule has 0 fully saturated rings. The lowest BCUT2D eigenvalue weighted by molar-refractivity contribution is 0.457. The highest BCUT2D eigenvalue weighted by Gasteiger charge is 2.10. The molecule has 1 heterocycles. The second-order valence-electron chi connectivity index (χ2n) is 4.66. The minimum atomic E-state index is 0.0956. The second kappa shape index (κ2) is 4.74. The summed E-state index contributed by atoms with van der Waals surface area (Å²) in [4.78, 5) is 7.23. The van der Waals surface area contributed by atoms with Crippen LogP contribution in [0.1, 0.15) is 11.1 Å². The Morgan fingerprint density at radius 3 is 2.70 bits per heavy atom. The Bertz CT molecular complexity index is 803. The number of nitrogens with zero attached hydrogens (tertiary/aromatic N) is 1. The number of phenolic OH excluding ortho intramolecular Hbond substituents is 1. The second-order valence-corrected chi connectivity index (χ2v) is 4.66. The monoisotopic (exact) mass is 266 g/mol. The fourth-order valence-electron chi connectivity index (χ4n) is 2.28. The fraction of sp³-hybridized carbons (Fsp3) is 0.0625. The molecule has 4 nitrogen and oxygen atoms in total. The molecule has 0 spiro atoms. The summed E-state index contributed by atoms with van der Waals surface area (Å²) in [6.07, 6.45) is 1.61. The number of rotatable bonds is 2. The number of hydrogen-bond donors (Lipinski definition) is 3. The number of aromatic nitrogens is 1. The number of fused-ring (bicyclic) bond motifs is 1. The van der Waals surface area contributed by atoms with E-state index in [2.05, 4.69) is 9.98 Å². The first-order valence-corrected chi connectivity index (χ1v) is 6.28. The number of aryl methyl sites for hydroxylation is 1. The van der Waals surface area contributed by atoms with Crippen molar-refractivity contribution in [2.75, 3.05) is 0 Å². The van der Waals surface area contributed by atoms with E-state index in [0.717, 1.165) is 16.5 Å². The molecule has 1 aromatic heterocycles. The minimum absolute atomic E-state index is 0.0956. The number of H-pyrrole nitrogens is 1. The Morgan fingerprint density at radius 2 is 1.90 bits per heavy atom. The third-order valence-corrected chi connectivity index (χ3v) is 3.22. The number of benzene rings is 2. The molecule has 100 valence electrons. The standard InChI is InChI=1S/C16H14N2O2/c1-10-4-2-7-14-15(10)13(16(20)18-14)9-17-11-5-3-6-12(19)8-11/h2-9,18-20H,1H3. The lowest BCUT2D eigenvalue weighted by atomic mass is 10.1. The molecule has 0 radical (unpaired) electrons. The van der Waals surface area contributed by atoms with Gasteiger partial charge in [-0.05, 0) is 30.7 Å². The van der Waals surface area contributed by atoms with Gasteiger partial charge in [0.1, 0.15) is 5.75 Å². The van der Waals surface area contributed by atoms with Gasteiger partial charge in [0.15, 0.2) is 5.88 Å². The first kappa shape index (κ1) is 12.3. The zero-order valence-electron chi connectivity index (χ0n) is 11.0. The van der Waals surface area contributed by atoms with Crippen molar-refractivity contribution < 1.29 is 10.2 Å². The summed E-state index contributed by atoms with van der Waals surface area (Å²) in [7, 11) is 0. The molecule has 3 aromatic rings. The zero-order valence-corrected chi connectivity index (χ0v) is 11.0. The first-order chi connectivity index (χ1) is 9.65. The van der Waals surface area contributed by atoms with Gasteiger partial charge in [-0.15, -0.1) is 0 Å². The van der Waals surface area contributed by atoms with Gasteiger partial charge in [0, 0.05) is 23.2 Å². The average Bonchev–Trinajstić information content (AvgIpc) is 2.74. The maximum absolute atomic E-state index is 10.00. The normalized spacial score (nSPS) is 11.4. The molecule has 0 atom stereocenters. The third-order valence-electron chi connectivity index (χ3n) is 3.22. The van der Waals surface area contributed by atoms with E-state index in [1.54, 1.807) is 30.5 Å². The predicted molar refractivity (Wildman–Crippen MR) is 80.1 cm³/mol. The minimum Gasteiger partial charge on any atom is -0.508 e. The van der Waals surface area contributed by atoms with E-state index in [0.29, 0.717) is 11.3 Å². The molecule has 0 bridgehead atoms. The van der Waals surface area contributed by atoms with Crippen LogP contribution in [0.15, 0.2) is 47.5 Å². The van der Waals surface area contributed by atoms with Crippen molar-refractivity contribution in [1.29, 1.82) is 0 Å². The average molecular weight is 266 g/mol. The number of phenols is 1. The van der Waals surface area contributed by atoms with Gasteiger partial charge < -0.3 is 15.2 Å². The van der Waals surface area contributed by atoms with E-state index >= 15 is 0 Å². The molecule has 20 heavy (non-hydrogen) atoms. The van der Waals surface area contributed by atoms with Gasteiger partial charge in [-0.2, -0.15) is 0 Å². The van der Waals surface area contributed by atoms with Crippen LogP contribution in [0.5, 0.6) is 11.6 Å². The van der Waals surface area contributed by atoms with Gasteiger partial charge in [-0.25, -0.2) is 0 Å². The molecular weight excluding hydrogens is 252 g/mol. The highest BCUT2D eigenvalue weighted by atomic mass is 16.3. The molecule has 3 rings (SSSR count). The highest BCUT2D eigenvalue weighted by Crippen LogP contribution is 2.29. The summed E-state index contributed by atoms with van der Waals surface area (Å²) in [5.74, 6) is 0.261. The topological polar surface area (TPSA) is 68.6 Å². The van der Waals surface area contributed by atoms with Gasteiger partial charge in [-0.1, -0.05) is 18.2 Å². The first-order valence-electron chi connectivity index (χ1n) is 6.28. The van der Waals surface area contributed by atoms with Crippen LogP contribution in [0, 0.1) is 6.92 Å². The Labute approximate surface area is 116 Å². The summed E-state index contributed by atoms with van der Waals surface area (Å²) >= 11 is 0. The van der Waals surface area contributed by atoms with E-state index in [4.69, 9.17) is 0 Å². The van der Waals surface area contributed by atoms with Gasteiger partial charge in [0.25, 0.3) is 0 Å². The van der Waals surface area contributed by atoms with Crippen molar-refractivity contribution in [1.82, 2.24) is 4.98 Å². The number of aliphatic imine (C=N–C) groups is 1. The molecule has 0 aliphatic carbocycles. The Balaban J connectivity index is 2.09. The van der Waals surface area contributed by atoms with Crippen molar-refractivity contribution in [2.45, 2.75) is 6.92 Å². The Kier molecular flexibility index (Phi) is 2.91. The predicted octanol–water partition coefficient (Wildman–Crippen LogP) is 3.64. The summed E-state index contributed by atoms with van der Waals surface area (Å²) < 4.78 is 0. The van der Waals surface area contributed by atoms with E-state index in [1.165, 1.54) is 0 Å². The molecule has 3 N–H and O–H groups in total. The number of hydrogen-bond acceptors (Lipinski definition) is 3. The summed E-state index contributed by atoms with van der Waals surface area (Å²) in [6, 6.07) is 12.5. The lowest BCUT2D eigenvalue weighted by Gasteiger charge is -1.98. The maximum Gasteiger partial charge on any atom is 0.198 e. The number of nitrogens with one attached hydrogen (secondary N) is 1. The molecule has 2 aromatic carbocycles. The number of aromatic amines is 1. The molecule has 0 aliphatic heterocycles.